The second-order valence-electron chi connectivity index (χ2n) is 6.34. The van der Waals surface area contributed by atoms with Crippen molar-refractivity contribution in [3.63, 3.8) is 0 Å². The van der Waals surface area contributed by atoms with Gasteiger partial charge in [0.1, 0.15) is 0 Å². The molecule has 3 rings (SSSR count). The molecule has 0 aliphatic carbocycles. The number of amides is 2. The van der Waals surface area contributed by atoms with Crippen molar-refractivity contribution in [2.24, 2.45) is 0 Å². The topological polar surface area (TPSA) is 122 Å². The van der Waals surface area contributed by atoms with Crippen LogP contribution in [0.1, 0.15) is 23.2 Å². The summed E-state index contributed by atoms with van der Waals surface area (Å²) in [4.78, 5) is 38.8. The molecule has 2 aliphatic heterocycles. The van der Waals surface area contributed by atoms with Crippen molar-refractivity contribution < 1.29 is 14.5 Å². The van der Waals surface area contributed by atoms with Gasteiger partial charge in [-0.2, -0.15) is 0 Å². The number of rotatable bonds is 3. The molecule has 10 heteroatoms. The van der Waals surface area contributed by atoms with Gasteiger partial charge >= 0.3 is 0 Å². The van der Waals surface area contributed by atoms with Crippen LogP contribution < -0.4 is 11.1 Å². The van der Waals surface area contributed by atoms with Gasteiger partial charge in [-0.3, -0.25) is 19.7 Å². The third-order valence-corrected chi connectivity index (χ3v) is 4.73. The van der Waals surface area contributed by atoms with E-state index in [2.05, 4.69) is 5.32 Å². The van der Waals surface area contributed by atoms with Gasteiger partial charge in [-0.15, -0.1) is 12.4 Å². The van der Waals surface area contributed by atoms with Crippen LogP contribution in [0.25, 0.3) is 0 Å². The molecule has 2 fully saturated rings. The molecule has 1 aromatic carbocycles. The molecule has 26 heavy (non-hydrogen) atoms. The number of piperidine rings is 1. The molecule has 1 atom stereocenters. The quantitative estimate of drug-likeness (QED) is 0.448. The first kappa shape index (κ1) is 19.9. The van der Waals surface area contributed by atoms with Gasteiger partial charge in [-0.05, 0) is 18.9 Å². The van der Waals surface area contributed by atoms with E-state index in [0.29, 0.717) is 26.2 Å². The van der Waals surface area contributed by atoms with Crippen molar-refractivity contribution >= 4 is 35.6 Å². The number of halogens is 1. The Morgan fingerprint density at radius 2 is 2.12 bits per heavy atom. The van der Waals surface area contributed by atoms with Crippen molar-refractivity contribution in [2.45, 2.75) is 18.9 Å². The van der Waals surface area contributed by atoms with Gasteiger partial charge in [0, 0.05) is 50.0 Å². The minimum atomic E-state index is -0.547. The summed E-state index contributed by atoms with van der Waals surface area (Å²) < 4.78 is 0. The van der Waals surface area contributed by atoms with Crippen LogP contribution in [0.4, 0.5) is 11.4 Å². The first-order valence-electron chi connectivity index (χ1n) is 8.30. The molecule has 2 aliphatic rings. The number of benzene rings is 1. The lowest BCUT2D eigenvalue weighted by atomic mass is 10.0. The number of nitro groups is 1. The highest BCUT2D eigenvalue weighted by Crippen LogP contribution is 2.24. The van der Waals surface area contributed by atoms with Gasteiger partial charge in [0.15, 0.2) is 0 Å². The van der Waals surface area contributed by atoms with Crippen LogP contribution in [0.5, 0.6) is 0 Å². The van der Waals surface area contributed by atoms with Crippen molar-refractivity contribution in [1.29, 1.82) is 0 Å². The fourth-order valence-electron chi connectivity index (χ4n) is 3.41. The molecule has 1 unspecified atom stereocenters. The molecule has 0 bridgehead atoms. The van der Waals surface area contributed by atoms with Crippen LogP contribution >= 0.6 is 12.4 Å². The molecular weight excluding hydrogens is 362 g/mol. The first-order chi connectivity index (χ1) is 12.0. The Morgan fingerprint density at radius 3 is 2.81 bits per heavy atom. The number of hydrogen-bond acceptors (Lipinski definition) is 6. The Hall–Kier alpha value is -2.39. The standard InChI is InChI=1S/C16H21N5O4.ClH/c17-14-4-3-11(21(24)25)8-13(14)16(23)19-6-1-2-12(10-19)20-7-5-18-9-15(20)22;/h3-4,8,12,18H,1-2,5-7,9-10,17H2;1H. The second-order valence-corrected chi connectivity index (χ2v) is 6.34. The summed E-state index contributed by atoms with van der Waals surface area (Å²) in [5.74, 6) is -0.283. The number of piperazine rings is 1. The fourth-order valence-corrected chi connectivity index (χ4v) is 3.41. The number of nitrogens with zero attached hydrogens (tertiary/aromatic N) is 3. The summed E-state index contributed by atoms with van der Waals surface area (Å²) in [6.45, 7) is 2.67. The number of nitrogens with one attached hydrogen (secondary N) is 1. The van der Waals surface area contributed by atoms with Crippen LogP contribution in [-0.4, -0.2) is 65.3 Å². The van der Waals surface area contributed by atoms with E-state index in [1.165, 1.54) is 18.2 Å². The van der Waals surface area contributed by atoms with Crippen LogP contribution in [0.3, 0.4) is 0 Å². The molecular formula is C16H22ClN5O4. The zero-order valence-corrected chi connectivity index (χ0v) is 15.0. The number of nitrogens with two attached hydrogens (primary N) is 1. The van der Waals surface area contributed by atoms with Gasteiger partial charge in [0.05, 0.1) is 17.0 Å². The maximum absolute atomic E-state index is 12.8. The van der Waals surface area contributed by atoms with E-state index in [1.54, 1.807) is 4.90 Å². The number of nitro benzene ring substituents is 1. The number of carbonyl (C=O) groups excluding carboxylic acids is 2. The van der Waals surface area contributed by atoms with Gasteiger partial charge in [-0.25, -0.2) is 0 Å². The maximum Gasteiger partial charge on any atom is 0.270 e. The van der Waals surface area contributed by atoms with Crippen molar-refractivity contribution in [2.75, 3.05) is 38.5 Å². The minimum Gasteiger partial charge on any atom is -0.398 e. The predicted octanol–water partition coefficient (Wildman–Crippen LogP) is 0.635. The van der Waals surface area contributed by atoms with E-state index < -0.39 is 4.92 Å². The number of hydrogen-bond donors (Lipinski definition) is 2. The van der Waals surface area contributed by atoms with E-state index in [9.17, 15) is 19.7 Å². The molecule has 2 amide bonds. The molecule has 0 spiro atoms. The van der Waals surface area contributed by atoms with Gasteiger partial charge in [0.2, 0.25) is 5.91 Å². The number of carbonyl (C=O) groups is 2. The highest BCUT2D eigenvalue weighted by atomic mass is 35.5. The van der Waals surface area contributed by atoms with E-state index >= 15 is 0 Å². The minimum absolute atomic E-state index is 0. The Morgan fingerprint density at radius 1 is 1.35 bits per heavy atom. The highest BCUT2D eigenvalue weighted by molar-refractivity contribution is 6.00. The van der Waals surface area contributed by atoms with E-state index in [0.717, 1.165) is 19.4 Å². The molecule has 142 valence electrons. The van der Waals surface area contributed by atoms with Crippen molar-refractivity contribution in [1.82, 2.24) is 15.1 Å². The summed E-state index contributed by atoms with van der Waals surface area (Å²) in [6.07, 6.45) is 1.63. The number of nitrogen functional groups attached to an aromatic ring is 1. The molecule has 3 N–H and O–H groups in total. The monoisotopic (exact) mass is 383 g/mol. The van der Waals surface area contributed by atoms with Crippen LogP contribution in [-0.2, 0) is 4.79 Å². The third-order valence-electron chi connectivity index (χ3n) is 4.73. The maximum atomic E-state index is 12.8. The Bertz CT molecular complexity index is 714. The second kappa shape index (κ2) is 8.33. The van der Waals surface area contributed by atoms with Crippen molar-refractivity contribution in [3.05, 3.63) is 33.9 Å². The molecule has 2 saturated heterocycles. The largest absolute Gasteiger partial charge is 0.398 e. The summed E-state index contributed by atoms with van der Waals surface area (Å²) in [6, 6.07) is 3.86. The molecule has 0 radical (unpaired) electrons. The molecule has 2 heterocycles. The Kier molecular flexibility index (Phi) is 6.38. The van der Waals surface area contributed by atoms with Crippen LogP contribution in [0.15, 0.2) is 18.2 Å². The lowest BCUT2D eigenvalue weighted by Crippen LogP contribution is -2.57. The molecule has 0 saturated carbocycles. The molecule has 1 aromatic rings. The first-order valence-corrected chi connectivity index (χ1v) is 8.30. The Balaban J connectivity index is 0.00000243. The van der Waals surface area contributed by atoms with Gasteiger partial charge in [-0.1, -0.05) is 0 Å². The van der Waals surface area contributed by atoms with E-state index in [1.807, 2.05) is 4.90 Å². The van der Waals surface area contributed by atoms with Gasteiger partial charge < -0.3 is 20.9 Å². The lowest BCUT2D eigenvalue weighted by Gasteiger charge is -2.41. The average molecular weight is 384 g/mol. The smallest absolute Gasteiger partial charge is 0.270 e. The average Bonchev–Trinajstić information content (AvgIpc) is 2.62. The highest BCUT2D eigenvalue weighted by Gasteiger charge is 2.32. The zero-order valence-electron chi connectivity index (χ0n) is 14.2. The number of likely N-dealkylation sites (tertiary alicyclic amines) is 1. The molecule has 0 aromatic heterocycles. The number of non-ortho nitro benzene ring substituents is 1. The molecule has 9 nitrogen and oxygen atoms in total. The predicted molar refractivity (Wildman–Crippen MR) is 98.3 cm³/mol. The zero-order chi connectivity index (χ0) is 18.0. The van der Waals surface area contributed by atoms with Crippen LogP contribution in [0, 0.1) is 10.1 Å². The fraction of sp³-hybridized carbons (Fsp3) is 0.500. The summed E-state index contributed by atoms with van der Waals surface area (Å²) >= 11 is 0. The SMILES string of the molecule is Cl.Nc1ccc([N+](=O)[O-])cc1C(=O)N1CCCC(N2CCNCC2=O)C1. The van der Waals surface area contributed by atoms with Crippen molar-refractivity contribution in [3.8, 4) is 0 Å². The summed E-state index contributed by atoms with van der Waals surface area (Å²) in [5.41, 5.74) is 6.05. The normalized spacial score (nSPS) is 20.5. The van der Waals surface area contributed by atoms with Crippen LogP contribution in [0.2, 0.25) is 0 Å². The van der Waals surface area contributed by atoms with E-state index in [4.69, 9.17) is 5.73 Å². The third kappa shape index (κ3) is 4.05. The van der Waals surface area contributed by atoms with E-state index in [-0.39, 0.29) is 47.2 Å². The lowest BCUT2D eigenvalue weighted by molar-refractivity contribution is -0.384. The summed E-state index contributed by atoms with van der Waals surface area (Å²) in [7, 11) is 0. The van der Waals surface area contributed by atoms with Gasteiger partial charge in [0.25, 0.3) is 11.6 Å². The Labute approximate surface area is 157 Å². The summed E-state index contributed by atoms with van der Waals surface area (Å²) in [5, 5.41) is 14.0. The number of anilines is 1.